The molecule has 0 aliphatic carbocycles. The normalized spacial score (nSPS) is 14.2. The number of nitrogens with zero attached hydrogens (tertiary/aromatic N) is 2. The zero-order valence-electron chi connectivity index (χ0n) is 14.3. The van der Waals surface area contributed by atoms with Crippen LogP contribution >= 0.6 is 11.3 Å². The van der Waals surface area contributed by atoms with Crippen molar-refractivity contribution in [1.82, 2.24) is 15.6 Å². The van der Waals surface area contributed by atoms with E-state index < -0.39 is 6.10 Å². The molecule has 0 radical (unpaired) electrons. The van der Waals surface area contributed by atoms with Gasteiger partial charge in [-0.05, 0) is 48.4 Å². The molecule has 2 aromatic rings. The maximum Gasteiger partial charge on any atom is 0.191 e. The zero-order chi connectivity index (χ0) is 17.2. The van der Waals surface area contributed by atoms with Gasteiger partial charge in [0, 0.05) is 36.9 Å². The predicted octanol–water partition coefficient (Wildman–Crippen LogP) is 2.61. The number of rotatable bonds is 8. The molecule has 0 aromatic carbocycles. The number of thiophene rings is 1. The Kier molecular flexibility index (Phi) is 7.71. The minimum atomic E-state index is -0.583. The number of nitrogens with one attached hydrogen (secondary N) is 2. The number of guanidine groups is 1. The lowest BCUT2D eigenvalue weighted by Crippen LogP contribution is -2.39. The maximum atomic E-state index is 10.2. The Labute approximate surface area is 147 Å². The van der Waals surface area contributed by atoms with Gasteiger partial charge in [-0.25, -0.2) is 0 Å². The molecule has 3 N–H and O–H groups in total. The van der Waals surface area contributed by atoms with Crippen LogP contribution in [0, 0.1) is 5.92 Å². The monoisotopic (exact) mass is 346 g/mol. The van der Waals surface area contributed by atoms with Gasteiger partial charge in [-0.1, -0.05) is 13.0 Å². The second kappa shape index (κ2) is 10.1. The maximum absolute atomic E-state index is 10.2. The first-order valence-electron chi connectivity index (χ1n) is 8.31. The Morgan fingerprint density at radius 3 is 2.75 bits per heavy atom. The van der Waals surface area contributed by atoms with Gasteiger partial charge < -0.3 is 15.7 Å². The van der Waals surface area contributed by atoms with Gasteiger partial charge in [0.1, 0.15) is 0 Å². The molecule has 24 heavy (non-hydrogen) atoms. The summed E-state index contributed by atoms with van der Waals surface area (Å²) in [5.74, 6) is 1.22. The minimum absolute atomic E-state index is 0.412. The first-order chi connectivity index (χ1) is 11.7. The SMILES string of the molecule is CCNC(=NCC(C)Cc1cccs1)NCC(O)c1ccncc1. The predicted molar refractivity (Wildman–Crippen MR) is 100 cm³/mol. The Balaban J connectivity index is 1.83. The standard InChI is InChI=1S/C18H26N4OS/c1-3-20-18(21-12-14(2)11-16-5-4-10-24-16)22-13-17(23)15-6-8-19-9-7-15/h4-10,14,17,23H,3,11-13H2,1-2H3,(H2,20,21,22). The summed E-state index contributed by atoms with van der Waals surface area (Å²) < 4.78 is 0. The summed E-state index contributed by atoms with van der Waals surface area (Å²) >= 11 is 1.79. The Bertz CT molecular complexity index is 601. The molecule has 2 heterocycles. The van der Waals surface area contributed by atoms with E-state index >= 15 is 0 Å². The second-order valence-corrected chi connectivity index (χ2v) is 6.82. The molecule has 6 heteroatoms. The van der Waals surface area contributed by atoms with E-state index in [-0.39, 0.29) is 0 Å². The molecule has 0 amide bonds. The van der Waals surface area contributed by atoms with Gasteiger partial charge in [0.25, 0.3) is 0 Å². The number of aliphatic imine (C=N–C) groups is 1. The lowest BCUT2D eigenvalue weighted by atomic mass is 10.1. The van der Waals surface area contributed by atoms with E-state index in [4.69, 9.17) is 0 Å². The summed E-state index contributed by atoms with van der Waals surface area (Å²) in [5.41, 5.74) is 0.847. The molecule has 0 saturated heterocycles. The van der Waals surface area contributed by atoms with Crippen LogP contribution in [0.5, 0.6) is 0 Å². The van der Waals surface area contributed by atoms with Gasteiger partial charge in [-0.15, -0.1) is 11.3 Å². The molecule has 0 aliphatic rings. The lowest BCUT2D eigenvalue weighted by Gasteiger charge is -2.16. The Morgan fingerprint density at radius 1 is 1.29 bits per heavy atom. The highest BCUT2D eigenvalue weighted by molar-refractivity contribution is 7.09. The number of aromatic nitrogens is 1. The van der Waals surface area contributed by atoms with E-state index in [0.29, 0.717) is 12.5 Å². The van der Waals surface area contributed by atoms with Gasteiger partial charge in [0.15, 0.2) is 5.96 Å². The molecular formula is C18H26N4OS. The fraction of sp³-hybridized carbons (Fsp3) is 0.444. The van der Waals surface area contributed by atoms with Crippen molar-refractivity contribution in [2.24, 2.45) is 10.9 Å². The van der Waals surface area contributed by atoms with Gasteiger partial charge in [-0.3, -0.25) is 9.98 Å². The summed E-state index contributed by atoms with van der Waals surface area (Å²) in [6.45, 7) is 6.19. The molecule has 5 nitrogen and oxygen atoms in total. The summed E-state index contributed by atoms with van der Waals surface area (Å²) in [5, 5.41) is 18.7. The van der Waals surface area contributed by atoms with Crippen LogP contribution in [-0.4, -0.2) is 35.7 Å². The number of aliphatic hydroxyl groups is 1. The summed E-state index contributed by atoms with van der Waals surface area (Å²) in [7, 11) is 0. The molecular weight excluding hydrogens is 320 g/mol. The van der Waals surface area contributed by atoms with Gasteiger partial charge in [-0.2, -0.15) is 0 Å². The molecule has 2 aromatic heterocycles. The van der Waals surface area contributed by atoms with E-state index in [1.165, 1.54) is 4.88 Å². The fourth-order valence-corrected chi connectivity index (χ4v) is 3.19. The van der Waals surface area contributed by atoms with Crippen molar-refractivity contribution in [1.29, 1.82) is 0 Å². The minimum Gasteiger partial charge on any atom is -0.387 e. The lowest BCUT2D eigenvalue weighted by molar-refractivity contribution is 0.180. The van der Waals surface area contributed by atoms with Crippen molar-refractivity contribution in [3.63, 3.8) is 0 Å². The largest absolute Gasteiger partial charge is 0.387 e. The molecule has 0 aliphatic heterocycles. The van der Waals surface area contributed by atoms with E-state index in [0.717, 1.165) is 31.0 Å². The van der Waals surface area contributed by atoms with Crippen LogP contribution in [0.15, 0.2) is 47.0 Å². The van der Waals surface area contributed by atoms with Crippen LogP contribution in [0.4, 0.5) is 0 Å². The molecule has 0 spiro atoms. The average molecular weight is 347 g/mol. The molecule has 2 rings (SSSR count). The highest BCUT2D eigenvalue weighted by Gasteiger charge is 2.09. The summed E-state index contributed by atoms with van der Waals surface area (Å²) in [4.78, 5) is 9.99. The smallest absolute Gasteiger partial charge is 0.191 e. The molecule has 0 fully saturated rings. The quantitative estimate of drug-likeness (QED) is 0.508. The molecule has 0 saturated carbocycles. The Morgan fingerprint density at radius 2 is 2.08 bits per heavy atom. The van der Waals surface area contributed by atoms with Crippen LogP contribution in [0.2, 0.25) is 0 Å². The van der Waals surface area contributed by atoms with Gasteiger partial charge >= 0.3 is 0 Å². The highest BCUT2D eigenvalue weighted by atomic mass is 32.1. The van der Waals surface area contributed by atoms with E-state index in [2.05, 4.69) is 45.0 Å². The molecule has 130 valence electrons. The molecule has 2 atom stereocenters. The summed E-state index contributed by atoms with van der Waals surface area (Å²) in [6, 6.07) is 7.89. The van der Waals surface area contributed by atoms with Crippen molar-refractivity contribution in [3.05, 3.63) is 52.5 Å². The Hall–Kier alpha value is -1.92. The van der Waals surface area contributed by atoms with Gasteiger partial charge in [0.05, 0.1) is 6.10 Å². The van der Waals surface area contributed by atoms with Crippen molar-refractivity contribution in [3.8, 4) is 0 Å². The fourth-order valence-electron chi connectivity index (χ4n) is 2.32. The van der Waals surface area contributed by atoms with Crippen molar-refractivity contribution >= 4 is 17.3 Å². The van der Waals surface area contributed by atoms with Crippen molar-refractivity contribution < 1.29 is 5.11 Å². The van der Waals surface area contributed by atoms with Gasteiger partial charge in [0.2, 0.25) is 0 Å². The van der Waals surface area contributed by atoms with Crippen LogP contribution in [0.25, 0.3) is 0 Å². The third kappa shape index (κ3) is 6.29. The van der Waals surface area contributed by atoms with Crippen LogP contribution in [0.3, 0.4) is 0 Å². The number of pyridine rings is 1. The first-order valence-corrected chi connectivity index (χ1v) is 9.19. The third-order valence-corrected chi connectivity index (χ3v) is 4.49. The highest BCUT2D eigenvalue weighted by Crippen LogP contribution is 2.14. The second-order valence-electron chi connectivity index (χ2n) is 5.79. The van der Waals surface area contributed by atoms with Crippen molar-refractivity contribution in [2.75, 3.05) is 19.6 Å². The van der Waals surface area contributed by atoms with Crippen LogP contribution < -0.4 is 10.6 Å². The number of hydrogen-bond acceptors (Lipinski definition) is 4. The number of hydrogen-bond donors (Lipinski definition) is 3. The average Bonchev–Trinajstić information content (AvgIpc) is 3.10. The van der Waals surface area contributed by atoms with E-state index in [1.807, 2.05) is 19.1 Å². The zero-order valence-corrected chi connectivity index (χ0v) is 15.1. The third-order valence-electron chi connectivity index (χ3n) is 3.59. The van der Waals surface area contributed by atoms with E-state index in [9.17, 15) is 5.11 Å². The van der Waals surface area contributed by atoms with E-state index in [1.54, 1.807) is 23.7 Å². The first kappa shape index (κ1) is 18.4. The number of aliphatic hydroxyl groups excluding tert-OH is 1. The van der Waals surface area contributed by atoms with Crippen molar-refractivity contribution in [2.45, 2.75) is 26.4 Å². The molecule has 0 bridgehead atoms. The van der Waals surface area contributed by atoms with Crippen LogP contribution in [-0.2, 0) is 6.42 Å². The topological polar surface area (TPSA) is 69.5 Å². The summed E-state index contributed by atoms with van der Waals surface area (Å²) in [6.07, 6.45) is 3.83. The van der Waals surface area contributed by atoms with Crippen LogP contribution in [0.1, 0.15) is 30.4 Å². The molecule has 2 unspecified atom stereocenters.